The lowest BCUT2D eigenvalue weighted by molar-refractivity contribution is 0.182. The molecule has 4 heteroatoms. The zero-order valence-corrected chi connectivity index (χ0v) is 9.41. The van der Waals surface area contributed by atoms with E-state index in [9.17, 15) is 0 Å². The van der Waals surface area contributed by atoms with Crippen LogP contribution in [0.3, 0.4) is 0 Å². The van der Waals surface area contributed by atoms with Crippen LogP contribution in [0.5, 0.6) is 0 Å². The molecule has 2 heterocycles. The third-order valence-electron chi connectivity index (χ3n) is 3.49. The Hall–Kier alpha value is -0.870. The van der Waals surface area contributed by atoms with Crippen molar-refractivity contribution in [3.63, 3.8) is 0 Å². The van der Waals surface area contributed by atoms with Crippen LogP contribution in [-0.4, -0.2) is 15.9 Å². The largest absolute Gasteiger partial charge is 0.330 e. The van der Waals surface area contributed by atoms with Gasteiger partial charge in [0.1, 0.15) is 0 Å². The molecule has 1 saturated carbocycles. The predicted molar refractivity (Wildman–Crippen MR) is 62.0 cm³/mol. The predicted octanol–water partition coefficient (Wildman–Crippen LogP) is 1.92. The van der Waals surface area contributed by atoms with Gasteiger partial charge in [-0.05, 0) is 37.6 Å². The molecule has 0 radical (unpaired) electrons. The van der Waals surface area contributed by atoms with E-state index >= 15 is 0 Å². The van der Waals surface area contributed by atoms with E-state index < -0.39 is 0 Å². The monoisotopic (exact) mass is 221 g/mol. The number of rotatable bonds is 3. The molecule has 1 fully saturated rings. The summed E-state index contributed by atoms with van der Waals surface area (Å²) in [5.41, 5.74) is 6.94. The van der Waals surface area contributed by atoms with E-state index in [1.165, 1.54) is 18.5 Å². The van der Waals surface area contributed by atoms with Crippen LogP contribution in [0.1, 0.15) is 18.5 Å². The lowest BCUT2D eigenvalue weighted by atomic mass is 9.71. The lowest BCUT2D eigenvalue weighted by Crippen LogP contribution is -2.33. The molecule has 0 aliphatic heterocycles. The Morgan fingerprint density at radius 1 is 1.47 bits per heavy atom. The van der Waals surface area contributed by atoms with Crippen molar-refractivity contribution in [3.8, 4) is 0 Å². The van der Waals surface area contributed by atoms with Gasteiger partial charge in [0.15, 0.2) is 4.96 Å². The number of nitrogens with zero attached hydrogens (tertiary/aromatic N) is 2. The third kappa shape index (κ3) is 1.58. The Labute approximate surface area is 92.9 Å². The first kappa shape index (κ1) is 9.36. The van der Waals surface area contributed by atoms with E-state index in [0.29, 0.717) is 0 Å². The standard InChI is InChI=1S/C11H15N3S/c12-6-9-2-1-8(9)5-10-7-14-3-4-15-11(14)13-10/h3-4,7-9H,1-2,5-6,12H2. The van der Waals surface area contributed by atoms with Crippen LogP contribution in [0.25, 0.3) is 4.96 Å². The zero-order chi connectivity index (χ0) is 10.3. The van der Waals surface area contributed by atoms with Crippen molar-refractivity contribution in [3.05, 3.63) is 23.5 Å². The third-order valence-corrected chi connectivity index (χ3v) is 4.26. The quantitative estimate of drug-likeness (QED) is 0.860. The highest BCUT2D eigenvalue weighted by Crippen LogP contribution is 2.35. The van der Waals surface area contributed by atoms with Gasteiger partial charge in [-0.15, -0.1) is 11.3 Å². The van der Waals surface area contributed by atoms with Gasteiger partial charge < -0.3 is 5.73 Å². The van der Waals surface area contributed by atoms with Crippen LogP contribution in [0.2, 0.25) is 0 Å². The molecule has 2 atom stereocenters. The molecule has 15 heavy (non-hydrogen) atoms. The van der Waals surface area contributed by atoms with Crippen LogP contribution < -0.4 is 5.73 Å². The summed E-state index contributed by atoms with van der Waals surface area (Å²) >= 11 is 1.69. The van der Waals surface area contributed by atoms with Crippen LogP contribution in [-0.2, 0) is 6.42 Å². The van der Waals surface area contributed by atoms with Crippen molar-refractivity contribution in [2.75, 3.05) is 6.54 Å². The summed E-state index contributed by atoms with van der Waals surface area (Å²) in [6, 6.07) is 0. The Morgan fingerprint density at radius 3 is 3.00 bits per heavy atom. The van der Waals surface area contributed by atoms with Crippen LogP contribution in [0, 0.1) is 11.8 Å². The minimum atomic E-state index is 0.740. The Balaban J connectivity index is 1.75. The number of thiazole rings is 1. The first-order valence-corrected chi connectivity index (χ1v) is 6.36. The minimum Gasteiger partial charge on any atom is -0.330 e. The SMILES string of the molecule is NCC1CCC1Cc1cn2ccsc2n1. The van der Waals surface area contributed by atoms with Gasteiger partial charge >= 0.3 is 0 Å². The summed E-state index contributed by atoms with van der Waals surface area (Å²) in [6.45, 7) is 0.840. The number of imidazole rings is 1. The van der Waals surface area contributed by atoms with E-state index in [4.69, 9.17) is 5.73 Å². The summed E-state index contributed by atoms with van der Waals surface area (Å²) in [5.74, 6) is 1.52. The Kier molecular flexibility index (Phi) is 2.25. The second kappa shape index (κ2) is 3.61. The Bertz CT molecular complexity index is 429. The normalized spacial score (nSPS) is 25.7. The highest BCUT2D eigenvalue weighted by molar-refractivity contribution is 7.15. The highest BCUT2D eigenvalue weighted by Gasteiger charge is 2.30. The zero-order valence-electron chi connectivity index (χ0n) is 8.60. The van der Waals surface area contributed by atoms with Gasteiger partial charge in [-0.3, -0.25) is 4.40 Å². The smallest absolute Gasteiger partial charge is 0.193 e. The minimum absolute atomic E-state index is 0.740. The van der Waals surface area contributed by atoms with Crippen molar-refractivity contribution < 1.29 is 0 Å². The number of nitrogens with two attached hydrogens (primary N) is 1. The van der Waals surface area contributed by atoms with E-state index in [1.54, 1.807) is 11.3 Å². The molecule has 0 amide bonds. The second-order valence-corrected chi connectivity index (χ2v) is 5.24. The maximum atomic E-state index is 5.71. The summed E-state index contributed by atoms with van der Waals surface area (Å²) in [6.07, 6.45) is 7.96. The van der Waals surface area contributed by atoms with Crippen LogP contribution in [0.15, 0.2) is 17.8 Å². The average Bonchev–Trinajstić information content (AvgIpc) is 2.72. The molecule has 3 rings (SSSR count). The molecule has 0 spiro atoms. The molecule has 2 unspecified atom stereocenters. The number of aromatic nitrogens is 2. The molecular formula is C11H15N3S. The fourth-order valence-corrected chi connectivity index (χ4v) is 3.08. The van der Waals surface area contributed by atoms with Crippen molar-refractivity contribution in [2.24, 2.45) is 17.6 Å². The summed E-state index contributed by atoms with van der Waals surface area (Å²) in [7, 11) is 0. The van der Waals surface area contributed by atoms with Gasteiger partial charge in [0.05, 0.1) is 5.69 Å². The molecule has 0 aromatic carbocycles. The molecule has 2 N–H and O–H groups in total. The molecular weight excluding hydrogens is 206 g/mol. The fourth-order valence-electron chi connectivity index (χ4n) is 2.36. The number of hydrogen-bond acceptors (Lipinski definition) is 3. The average molecular weight is 221 g/mol. The van der Waals surface area contributed by atoms with Gasteiger partial charge in [0.2, 0.25) is 0 Å². The van der Waals surface area contributed by atoms with Crippen molar-refractivity contribution in [1.29, 1.82) is 0 Å². The maximum Gasteiger partial charge on any atom is 0.193 e. The van der Waals surface area contributed by atoms with Crippen molar-refractivity contribution in [1.82, 2.24) is 9.38 Å². The lowest BCUT2D eigenvalue weighted by Gasteiger charge is -2.35. The van der Waals surface area contributed by atoms with Crippen LogP contribution >= 0.6 is 11.3 Å². The molecule has 0 saturated heterocycles. The fraction of sp³-hybridized carbons (Fsp3) is 0.545. The number of fused-ring (bicyclic) bond motifs is 1. The first-order chi connectivity index (χ1) is 7.36. The van der Waals surface area contributed by atoms with Gasteiger partial charge in [0, 0.05) is 17.8 Å². The topological polar surface area (TPSA) is 43.3 Å². The molecule has 3 nitrogen and oxygen atoms in total. The first-order valence-electron chi connectivity index (χ1n) is 5.48. The van der Waals surface area contributed by atoms with Crippen LogP contribution in [0.4, 0.5) is 0 Å². The van der Waals surface area contributed by atoms with Gasteiger partial charge in [-0.25, -0.2) is 4.98 Å². The molecule has 0 bridgehead atoms. The second-order valence-electron chi connectivity index (χ2n) is 4.36. The van der Waals surface area contributed by atoms with Crippen molar-refractivity contribution >= 4 is 16.3 Å². The number of hydrogen-bond donors (Lipinski definition) is 1. The summed E-state index contributed by atoms with van der Waals surface area (Å²) in [5, 5.41) is 2.07. The van der Waals surface area contributed by atoms with E-state index in [1.807, 2.05) is 0 Å². The van der Waals surface area contributed by atoms with E-state index in [0.717, 1.165) is 29.8 Å². The highest BCUT2D eigenvalue weighted by atomic mass is 32.1. The molecule has 1 aliphatic rings. The summed E-state index contributed by atoms with van der Waals surface area (Å²) < 4.78 is 2.11. The van der Waals surface area contributed by atoms with Gasteiger partial charge in [-0.2, -0.15) is 0 Å². The van der Waals surface area contributed by atoms with Crippen molar-refractivity contribution in [2.45, 2.75) is 19.3 Å². The molecule has 80 valence electrons. The molecule has 2 aromatic heterocycles. The molecule has 1 aliphatic carbocycles. The van der Waals surface area contributed by atoms with Gasteiger partial charge in [0.25, 0.3) is 0 Å². The Morgan fingerprint density at radius 2 is 2.33 bits per heavy atom. The maximum absolute atomic E-state index is 5.71. The van der Waals surface area contributed by atoms with E-state index in [2.05, 4.69) is 27.2 Å². The van der Waals surface area contributed by atoms with Gasteiger partial charge in [-0.1, -0.05) is 0 Å². The van der Waals surface area contributed by atoms with E-state index in [-0.39, 0.29) is 0 Å². The molecule has 2 aromatic rings. The summed E-state index contributed by atoms with van der Waals surface area (Å²) in [4.78, 5) is 5.71.